The van der Waals surface area contributed by atoms with Crippen LogP contribution in [0, 0.1) is 0 Å². The Hall–Kier alpha value is -3.47. The number of allylic oxidation sites excluding steroid dienone is 3. The number of unbranched alkanes of at least 4 members (excludes halogenated alkanes) is 1. The van der Waals surface area contributed by atoms with Crippen LogP contribution in [0.15, 0.2) is 76.6 Å². The lowest BCUT2D eigenvalue weighted by atomic mass is 10.1. The highest BCUT2D eigenvalue weighted by molar-refractivity contribution is 5.88. The normalized spacial score (nSPS) is 11.4. The van der Waals surface area contributed by atoms with Crippen LogP contribution in [0.2, 0.25) is 0 Å². The Morgan fingerprint density at radius 2 is 1.74 bits per heavy atom. The smallest absolute Gasteiger partial charge is 0.294 e. The zero-order valence-electron chi connectivity index (χ0n) is 21.4. The standard InChI is InChI=1S/C30H37NO4/c1-5-6-18-33-25-15-16-26-27(20-25)31-30(32)29(28(26)35-21-24-13-8-7-9-14-24)34-19-17-23(4)12-10-11-22(2)3/h7-9,11,13-17,20H,5-6,10,12,18-19,21H2,1-4H3,(H,31,32)/b23-17+. The summed E-state index contributed by atoms with van der Waals surface area (Å²) in [6.45, 7) is 9.69. The van der Waals surface area contributed by atoms with E-state index in [4.69, 9.17) is 14.2 Å². The van der Waals surface area contributed by atoms with Crippen molar-refractivity contribution in [2.24, 2.45) is 0 Å². The number of H-pyrrole nitrogens is 1. The maximum atomic E-state index is 13.0. The van der Waals surface area contributed by atoms with E-state index in [0.29, 0.717) is 31.1 Å². The van der Waals surface area contributed by atoms with Gasteiger partial charge in [-0.3, -0.25) is 4.79 Å². The Labute approximate surface area is 208 Å². The number of benzene rings is 2. The van der Waals surface area contributed by atoms with E-state index in [0.717, 1.165) is 42.4 Å². The highest BCUT2D eigenvalue weighted by atomic mass is 16.5. The van der Waals surface area contributed by atoms with Crippen molar-refractivity contribution in [2.75, 3.05) is 13.2 Å². The van der Waals surface area contributed by atoms with Gasteiger partial charge in [-0.05, 0) is 63.8 Å². The molecule has 0 spiro atoms. The van der Waals surface area contributed by atoms with Gasteiger partial charge < -0.3 is 19.2 Å². The van der Waals surface area contributed by atoms with Crippen molar-refractivity contribution in [1.29, 1.82) is 0 Å². The molecule has 2 aromatic carbocycles. The van der Waals surface area contributed by atoms with E-state index < -0.39 is 0 Å². The van der Waals surface area contributed by atoms with Crippen LogP contribution in [-0.4, -0.2) is 18.2 Å². The fourth-order valence-electron chi connectivity index (χ4n) is 3.62. The molecule has 1 N–H and O–H groups in total. The van der Waals surface area contributed by atoms with Crippen LogP contribution in [0.1, 0.15) is 58.9 Å². The van der Waals surface area contributed by atoms with Crippen molar-refractivity contribution >= 4 is 10.9 Å². The van der Waals surface area contributed by atoms with Crippen molar-refractivity contribution in [3.63, 3.8) is 0 Å². The van der Waals surface area contributed by atoms with Crippen molar-refractivity contribution in [2.45, 2.75) is 60.0 Å². The third kappa shape index (κ3) is 8.06. The maximum Gasteiger partial charge on any atom is 0.294 e. The van der Waals surface area contributed by atoms with E-state index in [1.165, 1.54) is 11.1 Å². The molecule has 3 aromatic rings. The molecule has 0 unspecified atom stereocenters. The van der Waals surface area contributed by atoms with Crippen molar-refractivity contribution in [1.82, 2.24) is 4.98 Å². The molecule has 5 nitrogen and oxygen atoms in total. The van der Waals surface area contributed by atoms with E-state index in [2.05, 4.69) is 38.8 Å². The fraction of sp³-hybridized carbons (Fsp3) is 0.367. The molecule has 186 valence electrons. The first-order valence-corrected chi connectivity index (χ1v) is 12.4. The summed E-state index contributed by atoms with van der Waals surface area (Å²) in [5.41, 5.74) is 3.90. The number of pyridine rings is 1. The number of hydrogen-bond donors (Lipinski definition) is 1. The van der Waals surface area contributed by atoms with Gasteiger partial charge in [0.05, 0.1) is 12.1 Å². The van der Waals surface area contributed by atoms with Gasteiger partial charge in [0.25, 0.3) is 5.56 Å². The number of rotatable bonds is 13. The van der Waals surface area contributed by atoms with Gasteiger partial charge in [0.2, 0.25) is 5.75 Å². The second-order valence-electron chi connectivity index (χ2n) is 8.98. The zero-order valence-corrected chi connectivity index (χ0v) is 21.4. The first kappa shape index (κ1) is 26.1. The van der Waals surface area contributed by atoms with E-state index in [-0.39, 0.29) is 11.3 Å². The van der Waals surface area contributed by atoms with Crippen LogP contribution in [-0.2, 0) is 6.61 Å². The summed E-state index contributed by atoms with van der Waals surface area (Å²) in [6.07, 6.45) is 8.24. The number of nitrogens with one attached hydrogen (secondary N) is 1. The Bertz CT molecular complexity index is 1200. The summed E-state index contributed by atoms with van der Waals surface area (Å²) in [5, 5.41) is 0.780. The molecule has 0 saturated carbocycles. The van der Waals surface area contributed by atoms with E-state index in [1.807, 2.05) is 54.6 Å². The van der Waals surface area contributed by atoms with Gasteiger partial charge in [-0.15, -0.1) is 0 Å². The Balaban J connectivity index is 1.86. The average Bonchev–Trinajstić information content (AvgIpc) is 2.84. The Morgan fingerprint density at radius 3 is 2.49 bits per heavy atom. The van der Waals surface area contributed by atoms with Gasteiger partial charge in [0.15, 0.2) is 5.75 Å². The minimum absolute atomic E-state index is 0.196. The number of ether oxygens (including phenoxy) is 3. The first-order chi connectivity index (χ1) is 17.0. The van der Waals surface area contributed by atoms with Crippen molar-refractivity contribution in [3.05, 3.63) is 87.7 Å². The molecular weight excluding hydrogens is 438 g/mol. The first-order valence-electron chi connectivity index (χ1n) is 12.4. The highest BCUT2D eigenvalue weighted by Crippen LogP contribution is 2.34. The van der Waals surface area contributed by atoms with Crippen molar-refractivity contribution in [3.8, 4) is 17.2 Å². The average molecular weight is 476 g/mol. The van der Waals surface area contributed by atoms with Crippen LogP contribution < -0.4 is 19.8 Å². The maximum absolute atomic E-state index is 13.0. The lowest BCUT2D eigenvalue weighted by Crippen LogP contribution is -2.14. The molecule has 3 rings (SSSR count). The molecule has 0 bridgehead atoms. The van der Waals surface area contributed by atoms with Gasteiger partial charge in [-0.2, -0.15) is 0 Å². The van der Waals surface area contributed by atoms with Crippen LogP contribution in [0.4, 0.5) is 0 Å². The van der Waals surface area contributed by atoms with Crippen LogP contribution in [0.5, 0.6) is 17.2 Å². The van der Waals surface area contributed by atoms with E-state index in [1.54, 1.807) is 0 Å². The molecule has 0 aliphatic carbocycles. The molecule has 0 saturated heterocycles. The van der Waals surface area contributed by atoms with Gasteiger partial charge in [-0.25, -0.2) is 0 Å². The lowest BCUT2D eigenvalue weighted by Gasteiger charge is -2.15. The van der Waals surface area contributed by atoms with Gasteiger partial charge >= 0.3 is 0 Å². The SMILES string of the molecule is CCCCOc1ccc2c(OCc3ccccc3)c(OC/C=C(\C)CCC=C(C)C)c(=O)[nH]c2c1. The van der Waals surface area contributed by atoms with Gasteiger partial charge in [-0.1, -0.05) is 60.9 Å². The molecule has 1 heterocycles. The topological polar surface area (TPSA) is 60.6 Å². The van der Waals surface area contributed by atoms with E-state index >= 15 is 0 Å². The zero-order chi connectivity index (χ0) is 25.0. The lowest BCUT2D eigenvalue weighted by molar-refractivity contribution is 0.276. The number of fused-ring (bicyclic) bond motifs is 1. The monoisotopic (exact) mass is 475 g/mol. The third-order valence-electron chi connectivity index (χ3n) is 5.64. The Kier molecular flexibility index (Phi) is 10.0. The number of hydrogen-bond acceptors (Lipinski definition) is 4. The molecule has 35 heavy (non-hydrogen) atoms. The number of aromatic nitrogens is 1. The minimum Gasteiger partial charge on any atom is -0.494 e. The fourth-order valence-corrected chi connectivity index (χ4v) is 3.62. The Morgan fingerprint density at radius 1 is 0.943 bits per heavy atom. The largest absolute Gasteiger partial charge is 0.494 e. The number of aromatic amines is 1. The summed E-state index contributed by atoms with van der Waals surface area (Å²) >= 11 is 0. The summed E-state index contributed by atoms with van der Waals surface area (Å²) in [7, 11) is 0. The molecule has 0 aliphatic heterocycles. The van der Waals surface area contributed by atoms with Crippen LogP contribution >= 0.6 is 0 Å². The highest BCUT2D eigenvalue weighted by Gasteiger charge is 2.17. The molecule has 0 atom stereocenters. The summed E-state index contributed by atoms with van der Waals surface area (Å²) in [6, 6.07) is 15.6. The summed E-state index contributed by atoms with van der Waals surface area (Å²) in [4.78, 5) is 16.0. The van der Waals surface area contributed by atoms with Gasteiger partial charge in [0.1, 0.15) is 19.0 Å². The molecule has 0 aliphatic rings. The molecular formula is C30H37NO4. The second-order valence-corrected chi connectivity index (χ2v) is 8.98. The molecule has 0 amide bonds. The molecule has 0 radical (unpaired) electrons. The van der Waals surface area contributed by atoms with Crippen molar-refractivity contribution < 1.29 is 14.2 Å². The summed E-state index contributed by atoms with van der Waals surface area (Å²) < 4.78 is 18.0. The molecule has 0 fully saturated rings. The minimum atomic E-state index is -0.318. The van der Waals surface area contributed by atoms with Crippen LogP contribution in [0.25, 0.3) is 10.9 Å². The van der Waals surface area contributed by atoms with Crippen LogP contribution in [0.3, 0.4) is 0 Å². The van der Waals surface area contributed by atoms with Gasteiger partial charge in [0, 0.05) is 11.5 Å². The third-order valence-corrected chi connectivity index (χ3v) is 5.64. The molecule has 1 aromatic heterocycles. The second kappa shape index (κ2) is 13.4. The predicted octanol–water partition coefficient (Wildman–Crippen LogP) is 7.36. The summed E-state index contributed by atoms with van der Waals surface area (Å²) in [5.74, 6) is 1.36. The van der Waals surface area contributed by atoms with E-state index in [9.17, 15) is 4.79 Å². The predicted molar refractivity (Wildman–Crippen MR) is 144 cm³/mol. The quantitative estimate of drug-likeness (QED) is 0.207. The molecule has 5 heteroatoms.